The van der Waals surface area contributed by atoms with Gasteiger partial charge in [0.1, 0.15) is 6.07 Å². The predicted molar refractivity (Wildman–Crippen MR) is 36.5 cm³/mol. The Balaban J connectivity index is 4.81. The lowest BCUT2D eigenvalue weighted by Gasteiger charge is -2.08. The zero-order valence-corrected chi connectivity index (χ0v) is 6.91. The van der Waals surface area contributed by atoms with Crippen LogP contribution in [0.3, 0.4) is 0 Å². The second kappa shape index (κ2) is 4.09. The zero-order valence-electron chi connectivity index (χ0n) is 6.01. The van der Waals surface area contributed by atoms with Crippen LogP contribution in [0.15, 0.2) is 5.16 Å². The lowest BCUT2D eigenvalue weighted by molar-refractivity contribution is 0.284. The molecule has 0 aromatic heterocycles. The Bertz CT molecular complexity index is 235. The molecular weight excluding hydrogens is 171 g/mol. The summed E-state index contributed by atoms with van der Waals surface area (Å²) in [6.07, 6.45) is 0. The molecule has 0 unspecified atom stereocenters. The molecule has 0 fully saturated rings. The monoisotopic (exact) mass is 178 g/mol. The molecule has 6 nitrogen and oxygen atoms in total. The molecule has 0 aliphatic heterocycles. The van der Waals surface area contributed by atoms with E-state index in [9.17, 15) is 4.57 Å². The van der Waals surface area contributed by atoms with Crippen LogP contribution in [0.25, 0.3) is 0 Å². The van der Waals surface area contributed by atoms with E-state index in [0.29, 0.717) is 0 Å². The van der Waals surface area contributed by atoms with Crippen LogP contribution in [0.2, 0.25) is 0 Å². The summed E-state index contributed by atoms with van der Waals surface area (Å²) in [5.41, 5.74) is -0.664. The summed E-state index contributed by atoms with van der Waals surface area (Å²) < 4.78 is 19.9. The van der Waals surface area contributed by atoms with Gasteiger partial charge in [-0.3, -0.25) is 4.57 Å². The summed E-state index contributed by atoms with van der Waals surface area (Å²) >= 11 is 0. The molecule has 0 amide bonds. The van der Waals surface area contributed by atoms with Crippen LogP contribution >= 0.6 is 7.60 Å². The van der Waals surface area contributed by atoms with E-state index < -0.39 is 13.0 Å². The first-order valence-corrected chi connectivity index (χ1v) is 4.03. The maximum atomic E-state index is 11.2. The molecule has 0 aromatic carbocycles. The molecule has 0 atom stereocenters. The van der Waals surface area contributed by atoms with E-state index in [2.05, 4.69) is 14.2 Å². The molecule has 0 saturated carbocycles. The van der Waals surface area contributed by atoms with Crippen molar-refractivity contribution in [2.24, 2.45) is 5.16 Å². The van der Waals surface area contributed by atoms with Gasteiger partial charge in [-0.25, -0.2) is 0 Å². The molecule has 7 heteroatoms. The third-order valence-corrected chi connectivity index (χ3v) is 2.60. The number of nitriles is 1. The van der Waals surface area contributed by atoms with Crippen LogP contribution < -0.4 is 0 Å². The van der Waals surface area contributed by atoms with E-state index in [1.54, 1.807) is 0 Å². The van der Waals surface area contributed by atoms with Crippen molar-refractivity contribution in [3.63, 3.8) is 0 Å². The van der Waals surface area contributed by atoms with Gasteiger partial charge < -0.3 is 14.3 Å². The highest BCUT2D eigenvalue weighted by Crippen LogP contribution is 2.47. The quantitative estimate of drug-likeness (QED) is 0.298. The standard InChI is InChI=1S/C4H7N2O4P/c1-9-11(8,10-2)4(3-5)6-7/h7H,1-2H3/b6-4+. The number of hydrogen-bond acceptors (Lipinski definition) is 6. The summed E-state index contributed by atoms with van der Waals surface area (Å²) in [6, 6.07) is 1.38. The third kappa shape index (κ3) is 2.02. The van der Waals surface area contributed by atoms with Crippen LogP contribution in [0, 0.1) is 11.3 Å². The van der Waals surface area contributed by atoms with Gasteiger partial charge in [0.2, 0.25) is 0 Å². The van der Waals surface area contributed by atoms with Gasteiger partial charge in [-0.05, 0) is 0 Å². The number of hydrogen-bond donors (Lipinski definition) is 1. The molecule has 11 heavy (non-hydrogen) atoms. The molecule has 1 N–H and O–H groups in total. The van der Waals surface area contributed by atoms with Crippen molar-refractivity contribution in [1.82, 2.24) is 0 Å². The van der Waals surface area contributed by atoms with E-state index in [1.807, 2.05) is 0 Å². The minimum absolute atomic E-state index is 0.664. The first-order valence-electron chi connectivity index (χ1n) is 2.49. The normalized spacial score (nSPS) is 12.6. The highest BCUT2D eigenvalue weighted by atomic mass is 31.2. The van der Waals surface area contributed by atoms with Crippen LogP contribution in [0.4, 0.5) is 0 Å². The van der Waals surface area contributed by atoms with Crippen molar-refractivity contribution in [2.45, 2.75) is 0 Å². The lowest BCUT2D eigenvalue weighted by atomic mass is 10.8. The molecule has 0 spiro atoms. The van der Waals surface area contributed by atoms with Crippen LogP contribution in [0.1, 0.15) is 0 Å². The highest BCUT2D eigenvalue weighted by Gasteiger charge is 2.30. The summed E-state index contributed by atoms with van der Waals surface area (Å²) in [5, 5.41) is 18.9. The van der Waals surface area contributed by atoms with E-state index in [0.717, 1.165) is 14.2 Å². The van der Waals surface area contributed by atoms with Crippen molar-refractivity contribution in [3.8, 4) is 6.07 Å². The van der Waals surface area contributed by atoms with E-state index in [4.69, 9.17) is 10.5 Å². The Labute approximate surface area is 63.6 Å². The van der Waals surface area contributed by atoms with Gasteiger partial charge in [0.25, 0.3) is 5.45 Å². The smallest absolute Gasteiger partial charge is 0.393 e. The van der Waals surface area contributed by atoms with Gasteiger partial charge >= 0.3 is 7.60 Å². The third-order valence-electron chi connectivity index (χ3n) is 0.935. The van der Waals surface area contributed by atoms with Gasteiger partial charge in [-0.15, -0.1) is 0 Å². The Morgan fingerprint density at radius 1 is 1.64 bits per heavy atom. The summed E-state index contributed by atoms with van der Waals surface area (Å²) in [7, 11) is -1.47. The minimum Gasteiger partial charge on any atom is -0.410 e. The molecule has 0 saturated heterocycles. The van der Waals surface area contributed by atoms with Crippen LogP contribution in [0.5, 0.6) is 0 Å². The highest BCUT2D eigenvalue weighted by molar-refractivity contribution is 7.73. The Morgan fingerprint density at radius 3 is 2.18 bits per heavy atom. The molecule has 0 rings (SSSR count). The van der Waals surface area contributed by atoms with Crippen molar-refractivity contribution in [3.05, 3.63) is 0 Å². The average Bonchev–Trinajstić information content (AvgIpc) is 2.06. The Morgan fingerprint density at radius 2 is 2.09 bits per heavy atom. The fraction of sp³-hybridized carbons (Fsp3) is 0.500. The van der Waals surface area contributed by atoms with Crippen molar-refractivity contribution in [2.75, 3.05) is 14.2 Å². The molecule has 0 aliphatic rings. The van der Waals surface area contributed by atoms with Crippen LogP contribution in [-0.2, 0) is 13.6 Å². The molecule has 0 bridgehead atoms. The van der Waals surface area contributed by atoms with Gasteiger partial charge in [0, 0.05) is 14.2 Å². The zero-order chi connectivity index (χ0) is 8.91. The second-order valence-corrected chi connectivity index (χ2v) is 3.55. The van der Waals surface area contributed by atoms with Crippen molar-refractivity contribution < 1.29 is 18.8 Å². The minimum atomic E-state index is -3.65. The molecule has 0 aliphatic carbocycles. The number of rotatable bonds is 3. The van der Waals surface area contributed by atoms with Crippen molar-refractivity contribution in [1.29, 1.82) is 5.26 Å². The first-order chi connectivity index (χ1) is 5.14. The van der Waals surface area contributed by atoms with Crippen molar-refractivity contribution >= 4 is 13.0 Å². The molecule has 0 aromatic rings. The van der Waals surface area contributed by atoms with Crippen LogP contribution in [-0.4, -0.2) is 24.9 Å². The predicted octanol–water partition coefficient (Wildman–Crippen LogP) is 0.784. The van der Waals surface area contributed by atoms with E-state index in [-0.39, 0.29) is 0 Å². The molecule has 62 valence electrons. The Kier molecular flexibility index (Phi) is 3.76. The maximum Gasteiger partial charge on any atom is 0.393 e. The van der Waals surface area contributed by atoms with E-state index >= 15 is 0 Å². The first kappa shape index (κ1) is 10.1. The van der Waals surface area contributed by atoms with E-state index in [1.165, 1.54) is 6.07 Å². The number of nitrogens with zero attached hydrogens (tertiary/aromatic N) is 2. The fourth-order valence-electron chi connectivity index (χ4n) is 0.386. The lowest BCUT2D eigenvalue weighted by Crippen LogP contribution is -2.00. The fourth-order valence-corrected chi connectivity index (χ4v) is 1.11. The number of oxime groups is 1. The van der Waals surface area contributed by atoms with Gasteiger partial charge in [-0.2, -0.15) is 5.26 Å². The van der Waals surface area contributed by atoms with Gasteiger partial charge in [0.15, 0.2) is 0 Å². The van der Waals surface area contributed by atoms with Gasteiger partial charge in [-0.1, -0.05) is 5.16 Å². The largest absolute Gasteiger partial charge is 0.410 e. The van der Waals surface area contributed by atoms with Gasteiger partial charge in [0.05, 0.1) is 0 Å². The maximum absolute atomic E-state index is 11.2. The SMILES string of the molecule is COP(=O)(OC)/C(C#N)=N/O. The summed E-state index contributed by atoms with van der Waals surface area (Å²) in [5.74, 6) is 0. The second-order valence-electron chi connectivity index (χ2n) is 1.40. The molecular formula is C4H7N2O4P. The summed E-state index contributed by atoms with van der Waals surface area (Å²) in [4.78, 5) is 0. The summed E-state index contributed by atoms with van der Waals surface area (Å²) in [6.45, 7) is 0. The molecule has 0 radical (unpaired) electrons. The molecule has 0 heterocycles. The Hall–Kier alpha value is -0.890. The topological polar surface area (TPSA) is 91.9 Å². The average molecular weight is 178 g/mol.